The Morgan fingerprint density at radius 3 is 1.81 bits per heavy atom. The van der Waals surface area contributed by atoms with Crippen molar-refractivity contribution in [2.75, 3.05) is 13.2 Å². The minimum atomic E-state index is -4.49. The van der Waals surface area contributed by atoms with Crippen LogP contribution in [0.1, 0.15) is 61.3 Å². The quantitative estimate of drug-likeness (QED) is 0.484. The topological polar surface area (TPSA) is 65.1 Å². The highest BCUT2D eigenvalue weighted by molar-refractivity contribution is 5.76. The van der Waals surface area contributed by atoms with Crippen molar-refractivity contribution >= 4 is 11.9 Å². The molecule has 2 unspecified atom stereocenters. The van der Waals surface area contributed by atoms with E-state index in [1.54, 1.807) is 20.8 Å². The van der Waals surface area contributed by atoms with E-state index in [9.17, 15) is 22.8 Å². The number of hydrogen-bond acceptors (Lipinski definition) is 5. The molecule has 1 saturated heterocycles. The summed E-state index contributed by atoms with van der Waals surface area (Å²) in [6.07, 6.45) is -5.12. The Morgan fingerprint density at radius 1 is 1.04 bits per heavy atom. The van der Waals surface area contributed by atoms with E-state index in [1.807, 2.05) is 20.8 Å². The standard InChI is InChI=1S/C9H15F3O2.C9H16O3/c1-5-8(3,4)7(13)14-6(2)9(10,11)12;1-4-9(2,3)8(10)12-6-7-5-11-7/h6H,5H2,1-4H3;7H,4-6H2,1-3H3. The molecule has 26 heavy (non-hydrogen) atoms. The number of epoxide rings is 1. The zero-order valence-electron chi connectivity index (χ0n) is 16.7. The molecule has 1 rings (SSSR count). The maximum atomic E-state index is 12.0. The average molecular weight is 384 g/mol. The maximum absolute atomic E-state index is 12.0. The van der Waals surface area contributed by atoms with Crippen molar-refractivity contribution in [3.8, 4) is 0 Å². The van der Waals surface area contributed by atoms with E-state index in [0.29, 0.717) is 13.0 Å². The van der Waals surface area contributed by atoms with Crippen LogP contribution in [0.4, 0.5) is 13.2 Å². The second-order valence-corrected chi connectivity index (χ2v) is 7.62. The Bertz CT molecular complexity index is 468. The summed E-state index contributed by atoms with van der Waals surface area (Å²) in [4.78, 5) is 22.6. The summed E-state index contributed by atoms with van der Waals surface area (Å²) in [6.45, 7) is 12.6. The molecule has 0 radical (unpaired) electrons. The largest absolute Gasteiger partial charge is 0.462 e. The molecule has 0 N–H and O–H groups in total. The van der Waals surface area contributed by atoms with E-state index >= 15 is 0 Å². The summed E-state index contributed by atoms with van der Waals surface area (Å²) in [6, 6.07) is 0. The van der Waals surface area contributed by atoms with Crippen molar-refractivity contribution in [1.29, 1.82) is 0 Å². The van der Waals surface area contributed by atoms with E-state index in [4.69, 9.17) is 9.47 Å². The van der Waals surface area contributed by atoms with Crippen molar-refractivity contribution in [3.63, 3.8) is 0 Å². The van der Waals surface area contributed by atoms with Gasteiger partial charge in [-0.25, -0.2) is 0 Å². The zero-order valence-corrected chi connectivity index (χ0v) is 16.7. The lowest BCUT2D eigenvalue weighted by molar-refractivity contribution is -0.221. The summed E-state index contributed by atoms with van der Waals surface area (Å²) in [7, 11) is 0. The van der Waals surface area contributed by atoms with Crippen LogP contribution in [0.2, 0.25) is 0 Å². The average Bonchev–Trinajstić information content (AvgIpc) is 3.36. The molecule has 8 heteroatoms. The van der Waals surface area contributed by atoms with Crippen molar-refractivity contribution in [2.24, 2.45) is 10.8 Å². The van der Waals surface area contributed by atoms with Crippen LogP contribution < -0.4 is 0 Å². The van der Waals surface area contributed by atoms with E-state index in [0.717, 1.165) is 20.0 Å². The minimum Gasteiger partial charge on any atom is -0.462 e. The van der Waals surface area contributed by atoms with Gasteiger partial charge in [-0.3, -0.25) is 9.59 Å². The highest BCUT2D eigenvalue weighted by Gasteiger charge is 2.41. The summed E-state index contributed by atoms with van der Waals surface area (Å²) in [5, 5.41) is 0. The number of carbonyl (C=O) groups is 2. The van der Waals surface area contributed by atoms with Crippen molar-refractivity contribution < 1.29 is 37.0 Å². The monoisotopic (exact) mass is 384 g/mol. The van der Waals surface area contributed by atoms with Crippen molar-refractivity contribution in [3.05, 3.63) is 0 Å². The van der Waals surface area contributed by atoms with Gasteiger partial charge in [-0.1, -0.05) is 13.8 Å². The number of rotatable bonds is 7. The van der Waals surface area contributed by atoms with Gasteiger partial charge >= 0.3 is 18.1 Å². The molecule has 154 valence electrons. The first-order valence-corrected chi connectivity index (χ1v) is 8.74. The molecule has 1 aliphatic rings. The van der Waals surface area contributed by atoms with Gasteiger partial charge in [0, 0.05) is 0 Å². The van der Waals surface area contributed by atoms with Gasteiger partial charge in [-0.05, 0) is 47.5 Å². The first-order chi connectivity index (χ1) is 11.7. The third-order valence-electron chi connectivity index (χ3n) is 4.42. The van der Waals surface area contributed by atoms with Crippen LogP contribution in [0.15, 0.2) is 0 Å². The number of alkyl halides is 3. The smallest absolute Gasteiger partial charge is 0.425 e. The van der Waals surface area contributed by atoms with E-state index in [-0.39, 0.29) is 17.5 Å². The Balaban J connectivity index is 0.000000485. The van der Waals surface area contributed by atoms with Gasteiger partial charge in [0.05, 0.1) is 17.4 Å². The molecule has 1 aliphatic heterocycles. The van der Waals surface area contributed by atoms with Crippen LogP contribution in [-0.2, 0) is 23.8 Å². The lowest BCUT2D eigenvalue weighted by atomic mass is 9.90. The SMILES string of the molecule is CCC(C)(C)C(=O)OC(C)C(F)(F)F.CCC(C)(C)C(=O)OCC1CO1. The minimum absolute atomic E-state index is 0.125. The lowest BCUT2D eigenvalue weighted by Gasteiger charge is -2.24. The van der Waals surface area contributed by atoms with Gasteiger partial charge < -0.3 is 14.2 Å². The predicted octanol–water partition coefficient (Wildman–Crippen LogP) is 4.28. The molecule has 0 amide bonds. The number of ether oxygens (including phenoxy) is 3. The highest BCUT2D eigenvalue weighted by Crippen LogP contribution is 2.27. The van der Waals surface area contributed by atoms with Crippen LogP contribution in [-0.4, -0.2) is 43.5 Å². The molecule has 0 aromatic carbocycles. The molecule has 5 nitrogen and oxygen atoms in total. The Morgan fingerprint density at radius 2 is 1.46 bits per heavy atom. The van der Waals surface area contributed by atoms with Gasteiger partial charge in [-0.15, -0.1) is 0 Å². The summed E-state index contributed by atoms with van der Waals surface area (Å²) in [5.41, 5.74) is -1.21. The van der Waals surface area contributed by atoms with Gasteiger partial charge in [-0.2, -0.15) is 13.2 Å². The second-order valence-electron chi connectivity index (χ2n) is 7.62. The molecule has 0 saturated carbocycles. The Hall–Kier alpha value is -1.31. The molecule has 2 atom stereocenters. The maximum Gasteiger partial charge on any atom is 0.425 e. The fraction of sp³-hybridized carbons (Fsp3) is 0.889. The molecule has 0 aliphatic carbocycles. The molecule has 1 heterocycles. The predicted molar refractivity (Wildman–Crippen MR) is 90.5 cm³/mol. The second kappa shape index (κ2) is 9.58. The first kappa shape index (κ1) is 24.7. The van der Waals surface area contributed by atoms with Crippen LogP contribution in [0.25, 0.3) is 0 Å². The molecule has 0 aromatic rings. The summed E-state index contributed by atoms with van der Waals surface area (Å²) >= 11 is 0. The number of halogens is 3. The van der Waals surface area contributed by atoms with Crippen LogP contribution in [0, 0.1) is 10.8 Å². The van der Waals surface area contributed by atoms with Gasteiger partial charge in [0.25, 0.3) is 0 Å². The molecule has 1 fully saturated rings. The van der Waals surface area contributed by atoms with E-state index in [2.05, 4.69) is 4.74 Å². The molecule has 0 aromatic heterocycles. The fourth-order valence-electron chi connectivity index (χ4n) is 1.20. The summed E-state index contributed by atoms with van der Waals surface area (Å²) in [5.74, 6) is -0.940. The van der Waals surface area contributed by atoms with Gasteiger partial charge in [0.15, 0.2) is 6.10 Å². The summed E-state index contributed by atoms with van der Waals surface area (Å²) < 4.78 is 50.4. The molecule has 0 bridgehead atoms. The highest BCUT2D eigenvalue weighted by atomic mass is 19.4. The Labute approximate surface area is 153 Å². The van der Waals surface area contributed by atoms with Crippen LogP contribution >= 0.6 is 0 Å². The van der Waals surface area contributed by atoms with Crippen LogP contribution in [0.3, 0.4) is 0 Å². The van der Waals surface area contributed by atoms with Crippen LogP contribution in [0.5, 0.6) is 0 Å². The van der Waals surface area contributed by atoms with Gasteiger partial charge in [0.1, 0.15) is 12.7 Å². The van der Waals surface area contributed by atoms with Crippen molar-refractivity contribution in [2.45, 2.75) is 79.7 Å². The van der Waals surface area contributed by atoms with E-state index < -0.39 is 23.7 Å². The van der Waals surface area contributed by atoms with E-state index in [1.165, 1.54) is 0 Å². The number of esters is 2. The normalized spacial score (nSPS) is 18.3. The first-order valence-electron chi connectivity index (χ1n) is 8.74. The lowest BCUT2D eigenvalue weighted by Crippen LogP contribution is -2.36. The van der Waals surface area contributed by atoms with Crippen molar-refractivity contribution in [1.82, 2.24) is 0 Å². The third-order valence-corrected chi connectivity index (χ3v) is 4.42. The number of hydrogen-bond donors (Lipinski definition) is 0. The third kappa shape index (κ3) is 8.87. The molecular formula is C18H31F3O5. The zero-order chi connectivity index (χ0) is 20.8. The fourth-order valence-corrected chi connectivity index (χ4v) is 1.20. The van der Waals surface area contributed by atoms with Gasteiger partial charge in [0.2, 0.25) is 0 Å². The number of carbonyl (C=O) groups excluding carboxylic acids is 2. The molecule has 0 spiro atoms. The molecular weight excluding hydrogens is 353 g/mol. The Kier molecular flexibility index (Phi) is 9.09.